The summed E-state index contributed by atoms with van der Waals surface area (Å²) < 4.78 is 0. The minimum atomic E-state index is 0.207. The van der Waals surface area contributed by atoms with Crippen LogP contribution >= 0.6 is 0 Å². The van der Waals surface area contributed by atoms with Crippen LogP contribution in [0, 0.1) is 30.1 Å². The first-order valence-electron chi connectivity index (χ1n) is 4.21. The summed E-state index contributed by atoms with van der Waals surface area (Å²) in [5.74, 6) is 5.46. The number of nitriles is 1. The third kappa shape index (κ3) is 2.47. The standard InChI is InChI=1S/C12H9NO/c1-10-5-6-11(4-2-3-7-14)12(8-10)9-13/h5-8H,3H2,1H3. The van der Waals surface area contributed by atoms with E-state index < -0.39 is 0 Å². The van der Waals surface area contributed by atoms with Crippen molar-refractivity contribution in [2.75, 3.05) is 0 Å². The smallest absolute Gasteiger partial charge is 0.131 e. The summed E-state index contributed by atoms with van der Waals surface area (Å²) in [6.45, 7) is 1.92. The van der Waals surface area contributed by atoms with Gasteiger partial charge in [-0.15, -0.1) is 0 Å². The van der Waals surface area contributed by atoms with Gasteiger partial charge < -0.3 is 4.79 Å². The molecule has 0 heterocycles. The molecular weight excluding hydrogens is 174 g/mol. The van der Waals surface area contributed by atoms with Gasteiger partial charge in [0.25, 0.3) is 0 Å². The second kappa shape index (κ2) is 4.84. The van der Waals surface area contributed by atoms with Gasteiger partial charge in [-0.25, -0.2) is 0 Å². The van der Waals surface area contributed by atoms with Gasteiger partial charge >= 0.3 is 0 Å². The lowest BCUT2D eigenvalue weighted by Gasteiger charge is -1.96. The van der Waals surface area contributed by atoms with E-state index in [1.54, 1.807) is 12.1 Å². The highest BCUT2D eigenvalue weighted by atomic mass is 16.1. The monoisotopic (exact) mass is 183 g/mol. The summed E-state index contributed by atoms with van der Waals surface area (Å²) in [7, 11) is 0. The van der Waals surface area contributed by atoms with E-state index in [4.69, 9.17) is 5.26 Å². The van der Waals surface area contributed by atoms with Gasteiger partial charge in [0.2, 0.25) is 0 Å². The molecule has 0 saturated heterocycles. The number of benzene rings is 1. The molecular formula is C12H9NO. The molecule has 0 amide bonds. The Morgan fingerprint density at radius 1 is 1.43 bits per heavy atom. The van der Waals surface area contributed by atoms with E-state index in [0.717, 1.165) is 11.8 Å². The topological polar surface area (TPSA) is 40.9 Å². The van der Waals surface area contributed by atoms with Crippen molar-refractivity contribution < 1.29 is 4.79 Å². The first kappa shape index (κ1) is 10.0. The Morgan fingerprint density at radius 3 is 2.86 bits per heavy atom. The van der Waals surface area contributed by atoms with Gasteiger partial charge in [0.05, 0.1) is 12.0 Å². The van der Waals surface area contributed by atoms with Gasteiger partial charge in [-0.1, -0.05) is 17.9 Å². The number of carbonyl (C=O) groups excluding carboxylic acids is 1. The maximum Gasteiger partial charge on any atom is 0.131 e. The van der Waals surface area contributed by atoms with E-state index in [0.29, 0.717) is 11.1 Å². The van der Waals surface area contributed by atoms with Crippen LogP contribution in [-0.4, -0.2) is 6.29 Å². The van der Waals surface area contributed by atoms with E-state index in [9.17, 15) is 4.79 Å². The molecule has 0 aliphatic rings. The van der Waals surface area contributed by atoms with Gasteiger partial charge in [0.15, 0.2) is 0 Å². The average molecular weight is 183 g/mol. The van der Waals surface area contributed by atoms with Crippen LogP contribution in [0.3, 0.4) is 0 Å². The Balaban J connectivity index is 3.05. The lowest BCUT2D eigenvalue weighted by molar-refractivity contribution is -0.107. The van der Waals surface area contributed by atoms with Crippen LogP contribution < -0.4 is 0 Å². The number of carbonyl (C=O) groups is 1. The number of aldehydes is 1. The summed E-state index contributed by atoms with van der Waals surface area (Å²) in [5.41, 5.74) is 2.27. The zero-order chi connectivity index (χ0) is 10.4. The third-order valence-electron chi connectivity index (χ3n) is 1.70. The Labute approximate surface area is 83.2 Å². The highest BCUT2D eigenvalue weighted by Crippen LogP contribution is 2.09. The third-order valence-corrected chi connectivity index (χ3v) is 1.70. The van der Waals surface area contributed by atoms with E-state index in [-0.39, 0.29) is 6.42 Å². The molecule has 0 unspecified atom stereocenters. The normalized spacial score (nSPS) is 8.29. The lowest BCUT2D eigenvalue weighted by Crippen LogP contribution is -1.84. The molecule has 0 bridgehead atoms. The van der Waals surface area contributed by atoms with Crippen LogP contribution in [0.5, 0.6) is 0 Å². The fraction of sp³-hybridized carbons (Fsp3) is 0.167. The molecule has 14 heavy (non-hydrogen) atoms. The average Bonchev–Trinajstić information content (AvgIpc) is 2.20. The van der Waals surface area contributed by atoms with Crippen molar-refractivity contribution in [2.45, 2.75) is 13.3 Å². The molecule has 0 saturated carbocycles. The molecule has 0 atom stereocenters. The first-order valence-corrected chi connectivity index (χ1v) is 4.21. The first-order chi connectivity index (χ1) is 6.77. The molecule has 1 aromatic rings. The predicted molar refractivity (Wildman–Crippen MR) is 53.5 cm³/mol. The fourth-order valence-corrected chi connectivity index (χ4v) is 1.05. The molecule has 0 radical (unpaired) electrons. The quantitative estimate of drug-likeness (QED) is 0.492. The summed E-state index contributed by atoms with van der Waals surface area (Å²) in [6.07, 6.45) is 0.950. The number of hydrogen-bond donors (Lipinski definition) is 0. The Bertz CT molecular complexity index is 444. The number of aryl methyl sites for hydroxylation is 1. The Morgan fingerprint density at radius 2 is 2.21 bits per heavy atom. The minimum Gasteiger partial charge on any atom is -0.302 e. The van der Waals surface area contributed by atoms with Crippen LogP contribution in [0.15, 0.2) is 18.2 Å². The molecule has 0 aromatic heterocycles. The molecule has 0 fully saturated rings. The SMILES string of the molecule is Cc1ccc(C#CCC=O)c(C#N)c1. The highest BCUT2D eigenvalue weighted by Gasteiger charge is 1.97. The maximum atomic E-state index is 10.0. The second-order valence-electron chi connectivity index (χ2n) is 2.83. The summed E-state index contributed by atoms with van der Waals surface area (Å²) in [4.78, 5) is 10.0. The van der Waals surface area contributed by atoms with Gasteiger partial charge in [0, 0.05) is 5.56 Å². The summed E-state index contributed by atoms with van der Waals surface area (Å²) >= 11 is 0. The second-order valence-corrected chi connectivity index (χ2v) is 2.83. The molecule has 2 nitrogen and oxygen atoms in total. The molecule has 68 valence electrons. The van der Waals surface area contributed by atoms with Crippen molar-refractivity contribution in [1.29, 1.82) is 5.26 Å². The zero-order valence-electron chi connectivity index (χ0n) is 7.87. The largest absolute Gasteiger partial charge is 0.302 e. The van der Waals surface area contributed by atoms with E-state index in [1.807, 2.05) is 13.0 Å². The van der Waals surface area contributed by atoms with E-state index in [1.165, 1.54) is 0 Å². The predicted octanol–water partition coefficient (Wildman–Crippen LogP) is 1.81. The summed E-state index contributed by atoms with van der Waals surface area (Å²) in [5, 5.41) is 8.81. The summed E-state index contributed by atoms with van der Waals surface area (Å²) in [6, 6.07) is 7.55. The molecule has 2 heteroatoms. The number of hydrogen-bond acceptors (Lipinski definition) is 2. The van der Waals surface area contributed by atoms with Crippen molar-refractivity contribution in [3.8, 4) is 17.9 Å². The van der Waals surface area contributed by atoms with Crippen molar-refractivity contribution in [2.24, 2.45) is 0 Å². The lowest BCUT2D eigenvalue weighted by atomic mass is 10.1. The molecule has 0 aliphatic carbocycles. The van der Waals surface area contributed by atoms with Crippen molar-refractivity contribution in [3.05, 3.63) is 34.9 Å². The van der Waals surface area contributed by atoms with Gasteiger partial charge in [0.1, 0.15) is 12.4 Å². The maximum absolute atomic E-state index is 10.0. The van der Waals surface area contributed by atoms with Gasteiger partial charge in [-0.05, 0) is 24.6 Å². The Kier molecular flexibility index (Phi) is 3.47. The van der Waals surface area contributed by atoms with Crippen molar-refractivity contribution in [3.63, 3.8) is 0 Å². The molecule has 1 aromatic carbocycles. The van der Waals surface area contributed by atoms with Gasteiger partial charge in [-0.3, -0.25) is 0 Å². The van der Waals surface area contributed by atoms with Crippen LogP contribution in [0.4, 0.5) is 0 Å². The fourth-order valence-electron chi connectivity index (χ4n) is 1.05. The van der Waals surface area contributed by atoms with Crippen LogP contribution in [0.25, 0.3) is 0 Å². The minimum absolute atomic E-state index is 0.207. The van der Waals surface area contributed by atoms with Crippen LogP contribution in [0.1, 0.15) is 23.1 Å². The van der Waals surface area contributed by atoms with E-state index >= 15 is 0 Å². The zero-order valence-corrected chi connectivity index (χ0v) is 7.87. The molecule has 0 N–H and O–H groups in total. The highest BCUT2D eigenvalue weighted by molar-refractivity contribution is 5.56. The van der Waals surface area contributed by atoms with Crippen LogP contribution in [0.2, 0.25) is 0 Å². The number of rotatable bonds is 1. The Hall–Kier alpha value is -2.06. The molecule has 0 aliphatic heterocycles. The van der Waals surface area contributed by atoms with E-state index in [2.05, 4.69) is 17.9 Å². The molecule has 1 rings (SSSR count). The number of nitrogens with zero attached hydrogens (tertiary/aromatic N) is 1. The van der Waals surface area contributed by atoms with Gasteiger partial charge in [-0.2, -0.15) is 5.26 Å². The van der Waals surface area contributed by atoms with Crippen LogP contribution in [-0.2, 0) is 4.79 Å². The molecule has 0 spiro atoms. The van der Waals surface area contributed by atoms with Crippen molar-refractivity contribution >= 4 is 6.29 Å². The van der Waals surface area contributed by atoms with Crippen molar-refractivity contribution in [1.82, 2.24) is 0 Å².